The van der Waals surface area contributed by atoms with Crippen LogP contribution in [-0.2, 0) is 0 Å². The lowest BCUT2D eigenvalue weighted by atomic mass is 10.2. The van der Waals surface area contributed by atoms with Gasteiger partial charge in [0.15, 0.2) is 0 Å². The van der Waals surface area contributed by atoms with Gasteiger partial charge in [0.1, 0.15) is 0 Å². The molecule has 0 saturated carbocycles. The van der Waals surface area contributed by atoms with E-state index >= 15 is 0 Å². The fourth-order valence-corrected chi connectivity index (χ4v) is 1.16. The number of rotatable bonds is 0. The van der Waals surface area contributed by atoms with Gasteiger partial charge in [-0.2, -0.15) is 0 Å². The zero-order chi connectivity index (χ0) is 9.19. The lowest BCUT2D eigenvalue weighted by Crippen LogP contribution is -1.67. The van der Waals surface area contributed by atoms with E-state index in [1.807, 2.05) is 0 Å². The maximum absolute atomic E-state index is 2.23. The molecule has 0 N–H and O–H groups in total. The number of hydrogen-bond donors (Lipinski definition) is 0. The molecule has 0 saturated heterocycles. The molecule has 1 aliphatic carbocycles. The Bertz CT molecular complexity index is 192. The summed E-state index contributed by atoms with van der Waals surface area (Å²) in [6.45, 7) is 0. The topological polar surface area (TPSA) is 0 Å². The van der Waals surface area contributed by atoms with Crippen molar-refractivity contribution in [2.45, 2.75) is 25.7 Å². The third-order valence-electron chi connectivity index (χ3n) is 1.89. The minimum absolute atomic E-state index is 1.02. The molecule has 0 bridgehead atoms. The molecular formula is C13H17. The summed E-state index contributed by atoms with van der Waals surface area (Å²) >= 11 is 0. The number of allylic oxidation sites excluding steroid dienone is 8. The van der Waals surface area contributed by atoms with Crippen molar-refractivity contribution in [3.05, 3.63) is 55.0 Å². The van der Waals surface area contributed by atoms with Crippen LogP contribution in [-0.4, -0.2) is 0 Å². The van der Waals surface area contributed by atoms with E-state index in [2.05, 4.69) is 55.0 Å². The molecular weight excluding hydrogens is 156 g/mol. The van der Waals surface area contributed by atoms with Crippen LogP contribution < -0.4 is 0 Å². The van der Waals surface area contributed by atoms with Gasteiger partial charge in [-0.3, -0.25) is 0 Å². The van der Waals surface area contributed by atoms with Gasteiger partial charge in [0, 0.05) is 0 Å². The molecule has 0 heteroatoms. The van der Waals surface area contributed by atoms with Crippen LogP contribution in [0.1, 0.15) is 25.7 Å². The Morgan fingerprint density at radius 3 is 2.15 bits per heavy atom. The fraction of sp³-hybridized carbons (Fsp3) is 0.308. The molecule has 0 aromatic carbocycles. The summed E-state index contributed by atoms with van der Waals surface area (Å²) in [6.07, 6.45) is 24.0. The van der Waals surface area contributed by atoms with E-state index in [-0.39, 0.29) is 0 Å². The third kappa shape index (κ3) is 6.15. The molecule has 0 unspecified atom stereocenters. The normalized spacial score (nSPS) is 28.9. The summed E-state index contributed by atoms with van der Waals surface area (Å²) in [6, 6.07) is 0. The second-order valence-electron chi connectivity index (χ2n) is 3.07. The van der Waals surface area contributed by atoms with Gasteiger partial charge in [-0.15, -0.1) is 0 Å². The van der Waals surface area contributed by atoms with Crippen LogP contribution in [0.15, 0.2) is 48.6 Å². The van der Waals surface area contributed by atoms with E-state index in [1.165, 1.54) is 19.3 Å². The van der Waals surface area contributed by atoms with Gasteiger partial charge in [0.05, 0.1) is 0 Å². The average Bonchev–Trinajstić information content (AvgIpc) is 2.18. The van der Waals surface area contributed by atoms with Gasteiger partial charge in [0.2, 0.25) is 0 Å². The minimum atomic E-state index is 1.02. The summed E-state index contributed by atoms with van der Waals surface area (Å²) < 4.78 is 0. The highest BCUT2D eigenvalue weighted by Crippen LogP contribution is 2.00. The molecule has 13 heavy (non-hydrogen) atoms. The molecule has 0 aromatic rings. The van der Waals surface area contributed by atoms with Crippen molar-refractivity contribution in [1.29, 1.82) is 0 Å². The van der Waals surface area contributed by atoms with E-state index < -0.39 is 0 Å². The average molecular weight is 173 g/mol. The maximum atomic E-state index is 2.23. The van der Waals surface area contributed by atoms with Crippen molar-refractivity contribution in [3.63, 3.8) is 0 Å². The molecule has 1 radical (unpaired) electrons. The summed E-state index contributed by atoms with van der Waals surface area (Å²) in [7, 11) is 0. The molecule has 0 heterocycles. The summed E-state index contributed by atoms with van der Waals surface area (Å²) in [4.78, 5) is 0. The van der Waals surface area contributed by atoms with Crippen molar-refractivity contribution in [2.75, 3.05) is 0 Å². The van der Waals surface area contributed by atoms with Gasteiger partial charge >= 0.3 is 0 Å². The Morgan fingerprint density at radius 2 is 1.31 bits per heavy atom. The Hall–Kier alpha value is -1.04. The standard InChI is InChI=1S/C13H17/c1-2-4-6-8-10-12-13-11-9-7-5-3-1/h1-5,8,10,12-13H,6-7,9,11H2/b2-1+,5-3+,10-8+,13-12-. The van der Waals surface area contributed by atoms with E-state index in [1.54, 1.807) is 0 Å². The summed E-state index contributed by atoms with van der Waals surface area (Å²) in [5, 5.41) is 0. The van der Waals surface area contributed by atoms with Crippen molar-refractivity contribution >= 4 is 0 Å². The first kappa shape index (κ1) is 10.0. The molecule has 0 nitrogen and oxygen atoms in total. The van der Waals surface area contributed by atoms with Gasteiger partial charge in [-0.05, 0) is 32.1 Å². The predicted octanol–water partition coefficient (Wildman–Crippen LogP) is 3.99. The van der Waals surface area contributed by atoms with Gasteiger partial charge in [-0.1, -0.05) is 48.6 Å². The number of hydrogen-bond acceptors (Lipinski definition) is 0. The highest BCUT2D eigenvalue weighted by Gasteiger charge is 1.80. The van der Waals surface area contributed by atoms with E-state index in [4.69, 9.17) is 0 Å². The van der Waals surface area contributed by atoms with E-state index in [0.717, 1.165) is 6.42 Å². The molecule has 0 amide bonds. The van der Waals surface area contributed by atoms with Gasteiger partial charge in [-0.25, -0.2) is 0 Å². The Balaban J connectivity index is 2.38. The first-order chi connectivity index (χ1) is 6.50. The van der Waals surface area contributed by atoms with Crippen LogP contribution in [0.2, 0.25) is 0 Å². The molecule has 69 valence electrons. The molecule has 0 atom stereocenters. The van der Waals surface area contributed by atoms with Crippen LogP contribution in [0.4, 0.5) is 0 Å². The van der Waals surface area contributed by atoms with Crippen molar-refractivity contribution < 1.29 is 0 Å². The lowest BCUT2D eigenvalue weighted by molar-refractivity contribution is 0.868. The Kier molecular flexibility index (Phi) is 5.87. The quantitative estimate of drug-likeness (QED) is 0.519. The van der Waals surface area contributed by atoms with E-state index in [0.29, 0.717) is 0 Å². The largest absolute Gasteiger partial charge is 0.0845 e. The zero-order valence-electron chi connectivity index (χ0n) is 8.02. The first-order valence-corrected chi connectivity index (χ1v) is 4.97. The third-order valence-corrected chi connectivity index (χ3v) is 1.89. The van der Waals surface area contributed by atoms with Crippen LogP contribution in [0.25, 0.3) is 0 Å². The molecule has 0 aromatic heterocycles. The van der Waals surface area contributed by atoms with E-state index in [9.17, 15) is 0 Å². The van der Waals surface area contributed by atoms with Gasteiger partial charge < -0.3 is 0 Å². The second kappa shape index (κ2) is 7.60. The molecule has 0 fully saturated rings. The van der Waals surface area contributed by atoms with Crippen LogP contribution in [0.3, 0.4) is 0 Å². The van der Waals surface area contributed by atoms with Crippen molar-refractivity contribution in [3.8, 4) is 0 Å². The highest BCUT2D eigenvalue weighted by atomic mass is 13.9. The summed E-state index contributed by atoms with van der Waals surface area (Å²) in [5.41, 5.74) is 0. The Morgan fingerprint density at radius 1 is 0.615 bits per heavy atom. The van der Waals surface area contributed by atoms with Crippen molar-refractivity contribution in [1.82, 2.24) is 0 Å². The van der Waals surface area contributed by atoms with Crippen molar-refractivity contribution in [2.24, 2.45) is 0 Å². The smallest absolute Gasteiger partial charge is 0.0130 e. The fourth-order valence-electron chi connectivity index (χ4n) is 1.16. The summed E-state index contributed by atoms with van der Waals surface area (Å²) in [5.74, 6) is 0. The molecule has 0 aliphatic heterocycles. The molecule has 1 rings (SSSR count). The Labute approximate surface area is 81.4 Å². The highest BCUT2D eigenvalue weighted by molar-refractivity contribution is 5.11. The SMILES string of the molecule is [CH]1/C=C/C=C/CCC/C=C\C=C\C1. The molecule has 0 spiro atoms. The maximum Gasteiger partial charge on any atom is -0.0130 e. The van der Waals surface area contributed by atoms with Gasteiger partial charge in [0.25, 0.3) is 0 Å². The second-order valence-corrected chi connectivity index (χ2v) is 3.07. The van der Waals surface area contributed by atoms with Crippen LogP contribution in [0.5, 0.6) is 0 Å². The predicted molar refractivity (Wildman–Crippen MR) is 59.3 cm³/mol. The zero-order valence-corrected chi connectivity index (χ0v) is 8.02. The minimum Gasteiger partial charge on any atom is -0.0845 e. The van der Waals surface area contributed by atoms with Crippen LogP contribution in [0, 0.1) is 6.42 Å². The first-order valence-electron chi connectivity index (χ1n) is 4.97. The lowest BCUT2D eigenvalue weighted by Gasteiger charge is -1.87. The monoisotopic (exact) mass is 173 g/mol. The van der Waals surface area contributed by atoms with Crippen LogP contribution >= 0.6 is 0 Å². The molecule has 1 aliphatic rings.